The van der Waals surface area contributed by atoms with Gasteiger partial charge in [0.25, 0.3) is 0 Å². The van der Waals surface area contributed by atoms with E-state index in [0.717, 1.165) is 35.7 Å². The zero-order valence-corrected chi connectivity index (χ0v) is 14.0. The van der Waals surface area contributed by atoms with Crippen molar-refractivity contribution in [3.8, 4) is 0 Å². The summed E-state index contributed by atoms with van der Waals surface area (Å²) in [6.07, 6.45) is 2.42. The molecule has 3 rings (SSSR count). The molecule has 1 aromatic heterocycles. The highest BCUT2D eigenvalue weighted by Crippen LogP contribution is 2.24. The van der Waals surface area contributed by atoms with Crippen molar-refractivity contribution < 1.29 is 14.1 Å². The van der Waals surface area contributed by atoms with Gasteiger partial charge in [-0.05, 0) is 44.9 Å². The van der Waals surface area contributed by atoms with E-state index < -0.39 is 0 Å². The molecule has 1 fully saturated rings. The zero-order valence-electron chi connectivity index (χ0n) is 14.0. The first-order chi connectivity index (χ1) is 11.5. The van der Waals surface area contributed by atoms with Crippen LogP contribution in [0.2, 0.25) is 0 Å². The van der Waals surface area contributed by atoms with Crippen molar-refractivity contribution in [2.45, 2.75) is 39.5 Å². The van der Waals surface area contributed by atoms with E-state index in [4.69, 9.17) is 4.52 Å². The molecule has 0 aliphatic carbocycles. The summed E-state index contributed by atoms with van der Waals surface area (Å²) in [6.45, 7) is 4.46. The van der Waals surface area contributed by atoms with Crippen LogP contribution >= 0.6 is 0 Å². The van der Waals surface area contributed by atoms with Crippen LogP contribution < -0.4 is 10.2 Å². The van der Waals surface area contributed by atoms with E-state index in [0.29, 0.717) is 24.9 Å². The fraction of sp³-hybridized carbons (Fsp3) is 0.389. The third-order valence-corrected chi connectivity index (χ3v) is 4.30. The van der Waals surface area contributed by atoms with Gasteiger partial charge < -0.3 is 14.7 Å². The molecule has 126 valence electrons. The second-order valence-corrected chi connectivity index (χ2v) is 6.05. The molecule has 6 heteroatoms. The first-order valence-corrected chi connectivity index (χ1v) is 8.16. The molecule has 2 aromatic rings. The van der Waals surface area contributed by atoms with Gasteiger partial charge in [-0.25, -0.2) is 0 Å². The largest absolute Gasteiger partial charge is 0.361 e. The first-order valence-electron chi connectivity index (χ1n) is 8.16. The molecule has 2 heterocycles. The highest BCUT2D eigenvalue weighted by atomic mass is 16.5. The van der Waals surface area contributed by atoms with Crippen LogP contribution in [0.4, 0.5) is 11.4 Å². The van der Waals surface area contributed by atoms with Gasteiger partial charge >= 0.3 is 0 Å². The number of rotatable bonds is 5. The van der Waals surface area contributed by atoms with Crippen LogP contribution in [0.5, 0.6) is 0 Å². The van der Waals surface area contributed by atoms with E-state index in [-0.39, 0.29) is 11.8 Å². The summed E-state index contributed by atoms with van der Waals surface area (Å²) >= 11 is 0. The van der Waals surface area contributed by atoms with E-state index in [1.807, 2.05) is 38.1 Å². The van der Waals surface area contributed by atoms with Crippen LogP contribution in [0.3, 0.4) is 0 Å². The number of anilines is 2. The monoisotopic (exact) mass is 327 g/mol. The Hall–Kier alpha value is -2.63. The van der Waals surface area contributed by atoms with Gasteiger partial charge in [-0.1, -0.05) is 11.2 Å². The normalized spacial score (nSPS) is 14.2. The number of hydrogen-bond donors (Lipinski definition) is 1. The summed E-state index contributed by atoms with van der Waals surface area (Å²) in [6, 6.07) is 7.42. The SMILES string of the molecule is Cc1noc(C)c1CCC(=O)Nc1cccc(N2CCCC2=O)c1. The number of nitrogens with one attached hydrogen (secondary N) is 1. The molecule has 0 bridgehead atoms. The number of carbonyl (C=O) groups is 2. The van der Waals surface area contributed by atoms with Gasteiger partial charge in [0.15, 0.2) is 0 Å². The number of aromatic nitrogens is 1. The Bertz CT molecular complexity index is 747. The van der Waals surface area contributed by atoms with Crippen molar-refractivity contribution in [1.29, 1.82) is 0 Å². The molecule has 0 radical (unpaired) electrons. The quantitative estimate of drug-likeness (QED) is 0.916. The van der Waals surface area contributed by atoms with E-state index in [1.165, 1.54) is 0 Å². The van der Waals surface area contributed by atoms with E-state index >= 15 is 0 Å². The van der Waals surface area contributed by atoms with Gasteiger partial charge in [0.05, 0.1) is 5.69 Å². The van der Waals surface area contributed by atoms with Gasteiger partial charge in [-0.3, -0.25) is 9.59 Å². The van der Waals surface area contributed by atoms with Gasteiger partial charge in [0.2, 0.25) is 11.8 Å². The minimum atomic E-state index is -0.0695. The summed E-state index contributed by atoms with van der Waals surface area (Å²) < 4.78 is 5.11. The third-order valence-electron chi connectivity index (χ3n) is 4.30. The molecule has 24 heavy (non-hydrogen) atoms. The second kappa shape index (κ2) is 6.86. The smallest absolute Gasteiger partial charge is 0.227 e. The molecule has 1 aromatic carbocycles. The molecular weight excluding hydrogens is 306 g/mol. The Labute approximate surface area is 140 Å². The van der Waals surface area contributed by atoms with Crippen LogP contribution in [-0.4, -0.2) is 23.5 Å². The van der Waals surface area contributed by atoms with Crippen molar-refractivity contribution in [2.75, 3.05) is 16.8 Å². The molecule has 1 N–H and O–H groups in total. The van der Waals surface area contributed by atoms with Gasteiger partial charge in [-0.2, -0.15) is 0 Å². The molecule has 1 aliphatic rings. The molecule has 2 amide bonds. The van der Waals surface area contributed by atoms with Crippen LogP contribution in [-0.2, 0) is 16.0 Å². The molecule has 6 nitrogen and oxygen atoms in total. The first kappa shape index (κ1) is 16.2. The molecule has 1 saturated heterocycles. The van der Waals surface area contributed by atoms with Crippen molar-refractivity contribution in [1.82, 2.24) is 5.16 Å². The standard InChI is InChI=1S/C18H21N3O3/c1-12-16(13(2)24-20-12)8-9-17(22)19-14-5-3-6-15(11-14)21-10-4-7-18(21)23/h3,5-6,11H,4,7-10H2,1-2H3,(H,19,22). The van der Waals surface area contributed by atoms with Gasteiger partial charge in [0.1, 0.15) is 5.76 Å². The molecule has 0 atom stereocenters. The number of hydrogen-bond acceptors (Lipinski definition) is 4. The van der Waals surface area contributed by atoms with E-state index in [9.17, 15) is 9.59 Å². The van der Waals surface area contributed by atoms with Crippen molar-refractivity contribution >= 4 is 23.2 Å². The van der Waals surface area contributed by atoms with Gasteiger partial charge in [0, 0.05) is 36.3 Å². The van der Waals surface area contributed by atoms with E-state index in [1.54, 1.807) is 4.90 Å². The molecule has 0 spiro atoms. The Morgan fingerprint density at radius 1 is 1.38 bits per heavy atom. The van der Waals surface area contributed by atoms with Crippen LogP contribution in [0.1, 0.15) is 36.3 Å². The number of nitrogens with zero attached hydrogens (tertiary/aromatic N) is 2. The summed E-state index contributed by atoms with van der Waals surface area (Å²) in [5.41, 5.74) is 3.35. The van der Waals surface area contributed by atoms with Gasteiger partial charge in [-0.15, -0.1) is 0 Å². The number of amides is 2. The lowest BCUT2D eigenvalue weighted by Crippen LogP contribution is -2.23. The number of aryl methyl sites for hydroxylation is 2. The predicted molar refractivity (Wildman–Crippen MR) is 91.0 cm³/mol. The highest BCUT2D eigenvalue weighted by molar-refractivity contribution is 5.97. The Kier molecular flexibility index (Phi) is 4.64. The second-order valence-electron chi connectivity index (χ2n) is 6.05. The van der Waals surface area contributed by atoms with Crippen LogP contribution in [0.25, 0.3) is 0 Å². The lowest BCUT2D eigenvalue weighted by Gasteiger charge is -2.16. The lowest BCUT2D eigenvalue weighted by atomic mass is 10.1. The van der Waals surface area contributed by atoms with Crippen LogP contribution in [0, 0.1) is 13.8 Å². The zero-order chi connectivity index (χ0) is 17.1. The van der Waals surface area contributed by atoms with Crippen molar-refractivity contribution in [3.63, 3.8) is 0 Å². The fourth-order valence-corrected chi connectivity index (χ4v) is 2.99. The van der Waals surface area contributed by atoms with Crippen molar-refractivity contribution in [2.24, 2.45) is 0 Å². The third kappa shape index (κ3) is 3.48. The maximum atomic E-state index is 12.2. The molecule has 1 aliphatic heterocycles. The fourth-order valence-electron chi connectivity index (χ4n) is 2.99. The summed E-state index contributed by atoms with van der Waals surface area (Å²) in [5, 5.41) is 6.79. The lowest BCUT2D eigenvalue weighted by molar-refractivity contribution is -0.117. The summed E-state index contributed by atoms with van der Waals surface area (Å²) in [7, 11) is 0. The maximum absolute atomic E-state index is 12.2. The Morgan fingerprint density at radius 2 is 2.21 bits per heavy atom. The average Bonchev–Trinajstić information content (AvgIpc) is 3.12. The number of carbonyl (C=O) groups excluding carboxylic acids is 2. The van der Waals surface area contributed by atoms with Crippen molar-refractivity contribution in [3.05, 3.63) is 41.3 Å². The minimum absolute atomic E-state index is 0.0695. The molecule has 0 saturated carbocycles. The average molecular weight is 327 g/mol. The topological polar surface area (TPSA) is 75.4 Å². The number of benzene rings is 1. The van der Waals surface area contributed by atoms with Crippen LogP contribution in [0.15, 0.2) is 28.8 Å². The molecule has 0 unspecified atom stereocenters. The Morgan fingerprint density at radius 3 is 2.88 bits per heavy atom. The highest BCUT2D eigenvalue weighted by Gasteiger charge is 2.21. The minimum Gasteiger partial charge on any atom is -0.361 e. The Balaban J connectivity index is 1.61. The summed E-state index contributed by atoms with van der Waals surface area (Å²) in [4.78, 5) is 25.8. The maximum Gasteiger partial charge on any atom is 0.227 e. The van der Waals surface area contributed by atoms with E-state index in [2.05, 4.69) is 10.5 Å². The molecular formula is C18H21N3O3. The summed E-state index contributed by atoms with van der Waals surface area (Å²) in [5.74, 6) is 0.826. The predicted octanol–water partition coefficient (Wildman–Crippen LogP) is 2.99.